The highest BCUT2D eigenvalue weighted by molar-refractivity contribution is 7.33. The molecule has 1 saturated carbocycles. The third-order valence-corrected chi connectivity index (χ3v) is 5.84. The monoisotopic (exact) mass is 327 g/mol. The molecule has 0 aromatic carbocycles. The summed E-state index contributed by atoms with van der Waals surface area (Å²) in [4.78, 5) is 13.9. The number of hydrogen-bond donors (Lipinski definition) is 1. The van der Waals surface area contributed by atoms with Crippen molar-refractivity contribution in [3.05, 3.63) is 12.2 Å². The fraction of sp³-hybridized carbons (Fsp3) is 0.824. The molecule has 1 N–H and O–H groups in total. The Morgan fingerprint density at radius 1 is 1.45 bits per heavy atom. The predicted molar refractivity (Wildman–Crippen MR) is 91.2 cm³/mol. The Balaban J connectivity index is 1.81. The minimum atomic E-state index is -0.555. The molecule has 1 amide bonds. The van der Waals surface area contributed by atoms with Crippen molar-refractivity contribution < 1.29 is 14.4 Å². The fourth-order valence-corrected chi connectivity index (χ4v) is 3.85. The van der Waals surface area contributed by atoms with Crippen LogP contribution in [0.5, 0.6) is 0 Å². The molecular formula is C17H30NO3P. The maximum atomic E-state index is 11.9. The number of aliphatic hydroxyl groups is 1. The molecule has 126 valence electrons. The summed E-state index contributed by atoms with van der Waals surface area (Å²) in [6, 6.07) is 0. The molecule has 1 aliphatic carbocycles. The number of hydrogen-bond acceptors (Lipinski definition) is 3. The first-order valence-corrected chi connectivity index (χ1v) is 9.37. The SMILES string of the molecule is CC(C)C(O)C(C)(C)OPC1C=CC(=O)N(CCC2CC2)C1. The maximum absolute atomic E-state index is 11.9. The number of rotatable bonds is 8. The van der Waals surface area contributed by atoms with Gasteiger partial charge in [0.2, 0.25) is 5.91 Å². The van der Waals surface area contributed by atoms with Crippen LogP contribution >= 0.6 is 8.81 Å². The van der Waals surface area contributed by atoms with E-state index in [2.05, 4.69) is 0 Å². The molecule has 22 heavy (non-hydrogen) atoms. The van der Waals surface area contributed by atoms with E-state index >= 15 is 0 Å². The average Bonchev–Trinajstić information content (AvgIpc) is 3.28. The lowest BCUT2D eigenvalue weighted by Gasteiger charge is -2.35. The van der Waals surface area contributed by atoms with E-state index in [-0.39, 0.29) is 26.3 Å². The molecule has 3 atom stereocenters. The maximum Gasteiger partial charge on any atom is 0.246 e. The minimum absolute atomic E-state index is 0.128. The summed E-state index contributed by atoms with van der Waals surface area (Å²) in [5.74, 6) is 1.14. The van der Waals surface area contributed by atoms with Gasteiger partial charge in [0.15, 0.2) is 0 Å². The van der Waals surface area contributed by atoms with Gasteiger partial charge in [-0.25, -0.2) is 0 Å². The van der Waals surface area contributed by atoms with Crippen molar-refractivity contribution in [3.8, 4) is 0 Å². The zero-order chi connectivity index (χ0) is 16.3. The van der Waals surface area contributed by atoms with E-state index in [0.29, 0.717) is 0 Å². The lowest BCUT2D eigenvalue weighted by atomic mass is 9.92. The third kappa shape index (κ3) is 5.04. The summed E-state index contributed by atoms with van der Waals surface area (Å²) in [7, 11) is 0.268. The fourth-order valence-electron chi connectivity index (χ4n) is 2.81. The van der Waals surface area contributed by atoms with Gasteiger partial charge in [0, 0.05) is 27.6 Å². The summed E-state index contributed by atoms with van der Waals surface area (Å²) in [6.45, 7) is 9.48. The smallest absolute Gasteiger partial charge is 0.246 e. The first-order chi connectivity index (χ1) is 10.3. The molecule has 5 heteroatoms. The van der Waals surface area contributed by atoms with Gasteiger partial charge in [-0.15, -0.1) is 0 Å². The Morgan fingerprint density at radius 2 is 2.14 bits per heavy atom. The molecule has 0 saturated heterocycles. The Labute approximate surface area is 136 Å². The van der Waals surface area contributed by atoms with Crippen molar-refractivity contribution in [2.45, 2.75) is 64.3 Å². The van der Waals surface area contributed by atoms with E-state index in [4.69, 9.17) is 4.52 Å². The number of carbonyl (C=O) groups is 1. The third-order valence-electron chi connectivity index (χ3n) is 4.52. The Bertz CT molecular complexity index is 418. The molecule has 0 radical (unpaired) electrons. The van der Waals surface area contributed by atoms with Crippen LogP contribution in [0.4, 0.5) is 0 Å². The van der Waals surface area contributed by atoms with Gasteiger partial charge in [-0.1, -0.05) is 32.8 Å². The quantitative estimate of drug-likeness (QED) is 0.697. The lowest BCUT2D eigenvalue weighted by Crippen LogP contribution is -2.42. The van der Waals surface area contributed by atoms with Crippen molar-refractivity contribution >= 4 is 14.7 Å². The largest absolute Gasteiger partial charge is 0.390 e. The van der Waals surface area contributed by atoms with E-state index in [9.17, 15) is 9.90 Å². The van der Waals surface area contributed by atoms with Crippen molar-refractivity contribution in [3.63, 3.8) is 0 Å². The van der Waals surface area contributed by atoms with Crippen molar-refractivity contribution in [2.75, 3.05) is 13.1 Å². The van der Waals surface area contributed by atoms with E-state index < -0.39 is 11.7 Å². The molecule has 1 aliphatic heterocycles. The van der Waals surface area contributed by atoms with E-state index in [1.807, 2.05) is 38.7 Å². The minimum Gasteiger partial charge on any atom is -0.390 e. The lowest BCUT2D eigenvalue weighted by molar-refractivity contribution is -0.126. The number of carbonyl (C=O) groups excluding carboxylic acids is 1. The number of aliphatic hydroxyl groups excluding tert-OH is 1. The molecular weight excluding hydrogens is 297 g/mol. The first-order valence-electron chi connectivity index (χ1n) is 8.38. The summed E-state index contributed by atoms with van der Waals surface area (Å²) >= 11 is 0. The van der Waals surface area contributed by atoms with Crippen LogP contribution in [0.15, 0.2) is 12.2 Å². The van der Waals surface area contributed by atoms with Gasteiger partial charge in [-0.3, -0.25) is 4.79 Å². The zero-order valence-electron chi connectivity index (χ0n) is 14.2. The number of nitrogens with zero attached hydrogens (tertiary/aromatic N) is 1. The zero-order valence-corrected chi connectivity index (χ0v) is 15.2. The van der Waals surface area contributed by atoms with Crippen LogP contribution in [0, 0.1) is 11.8 Å². The van der Waals surface area contributed by atoms with Gasteiger partial charge in [0.05, 0.1) is 11.7 Å². The van der Waals surface area contributed by atoms with Gasteiger partial charge < -0.3 is 14.5 Å². The Hall–Kier alpha value is -0.440. The van der Waals surface area contributed by atoms with Crippen molar-refractivity contribution in [1.82, 2.24) is 4.90 Å². The average molecular weight is 327 g/mol. The van der Waals surface area contributed by atoms with Gasteiger partial charge in [-0.2, -0.15) is 0 Å². The summed E-state index contributed by atoms with van der Waals surface area (Å²) in [5.41, 5.74) is -0.309. The molecule has 0 aromatic rings. The van der Waals surface area contributed by atoms with E-state index in [0.717, 1.165) is 25.4 Å². The standard InChI is InChI=1S/C17H30NO3P/c1-12(2)16(20)17(3,4)21-22-14-7-8-15(19)18(11-14)10-9-13-5-6-13/h7-8,12-14,16,20,22H,5-6,9-11H2,1-4H3. The molecule has 1 heterocycles. The highest BCUT2D eigenvalue weighted by Crippen LogP contribution is 2.35. The second-order valence-electron chi connectivity index (χ2n) is 7.49. The predicted octanol–water partition coefficient (Wildman–Crippen LogP) is 2.96. The molecule has 0 bridgehead atoms. The summed E-state index contributed by atoms with van der Waals surface area (Å²) in [6.07, 6.45) is 6.95. The second-order valence-corrected chi connectivity index (χ2v) is 8.68. The van der Waals surface area contributed by atoms with Gasteiger partial charge in [0.25, 0.3) is 0 Å². The molecule has 1 fully saturated rings. The number of amides is 1. The van der Waals surface area contributed by atoms with E-state index in [1.54, 1.807) is 6.08 Å². The van der Waals surface area contributed by atoms with Gasteiger partial charge >= 0.3 is 0 Å². The van der Waals surface area contributed by atoms with Crippen LogP contribution in [-0.4, -0.2) is 46.4 Å². The molecule has 2 aliphatic rings. The highest BCUT2D eigenvalue weighted by Gasteiger charge is 2.33. The first kappa shape index (κ1) is 17.9. The topological polar surface area (TPSA) is 49.8 Å². The molecule has 0 spiro atoms. The second kappa shape index (κ2) is 7.42. The van der Waals surface area contributed by atoms with E-state index in [1.165, 1.54) is 12.8 Å². The van der Waals surface area contributed by atoms with Gasteiger partial charge in [0.1, 0.15) is 0 Å². The van der Waals surface area contributed by atoms with Crippen LogP contribution in [0.2, 0.25) is 0 Å². The molecule has 3 unspecified atom stereocenters. The van der Waals surface area contributed by atoms with Crippen LogP contribution in [0.1, 0.15) is 47.0 Å². The molecule has 0 aromatic heterocycles. The highest BCUT2D eigenvalue weighted by atomic mass is 31.1. The molecule has 4 nitrogen and oxygen atoms in total. The Kier molecular flexibility index (Phi) is 6.04. The Morgan fingerprint density at radius 3 is 2.73 bits per heavy atom. The van der Waals surface area contributed by atoms with Gasteiger partial charge in [-0.05, 0) is 38.2 Å². The van der Waals surface area contributed by atoms with Crippen LogP contribution in [-0.2, 0) is 9.32 Å². The van der Waals surface area contributed by atoms with Crippen LogP contribution in [0.25, 0.3) is 0 Å². The van der Waals surface area contributed by atoms with Crippen LogP contribution in [0.3, 0.4) is 0 Å². The van der Waals surface area contributed by atoms with Crippen LogP contribution < -0.4 is 0 Å². The summed E-state index contributed by atoms with van der Waals surface area (Å²) in [5, 5.41) is 10.2. The normalized spacial score (nSPS) is 24.7. The van der Waals surface area contributed by atoms with Crippen molar-refractivity contribution in [1.29, 1.82) is 0 Å². The van der Waals surface area contributed by atoms with Crippen molar-refractivity contribution in [2.24, 2.45) is 11.8 Å². The molecule has 2 rings (SSSR count). The summed E-state index contributed by atoms with van der Waals surface area (Å²) < 4.78 is 6.00.